The molecule has 0 bridgehead atoms. The van der Waals surface area contributed by atoms with Crippen LogP contribution in [0.2, 0.25) is 0 Å². The van der Waals surface area contributed by atoms with Crippen molar-refractivity contribution >= 4 is 16.8 Å². The van der Waals surface area contributed by atoms with Gasteiger partial charge in [-0.15, -0.1) is 0 Å². The number of rotatable bonds is 1. The minimum atomic E-state index is -0.0637. The summed E-state index contributed by atoms with van der Waals surface area (Å²) < 4.78 is 5.22. The van der Waals surface area contributed by atoms with Crippen LogP contribution in [0.15, 0.2) is 28.9 Å². The third kappa shape index (κ3) is 1.99. The van der Waals surface area contributed by atoms with Crippen molar-refractivity contribution in [1.82, 2.24) is 4.98 Å². The second-order valence-corrected chi connectivity index (χ2v) is 2.58. The summed E-state index contributed by atoms with van der Waals surface area (Å²) >= 11 is 0. The van der Waals surface area contributed by atoms with Gasteiger partial charge in [-0.1, -0.05) is 13.8 Å². The third-order valence-electron chi connectivity index (χ3n) is 1.67. The van der Waals surface area contributed by atoms with Crippen LogP contribution in [0.3, 0.4) is 0 Å². The quantitative estimate of drug-likeness (QED) is 0.650. The number of carbonyl (C=O) groups excluding carboxylic acids is 1. The van der Waals surface area contributed by atoms with Gasteiger partial charge < -0.3 is 4.42 Å². The molecule has 2 heterocycles. The van der Waals surface area contributed by atoms with Gasteiger partial charge in [-0.05, 0) is 12.1 Å². The van der Waals surface area contributed by atoms with Crippen molar-refractivity contribution in [2.75, 3.05) is 0 Å². The zero-order valence-electron chi connectivity index (χ0n) is 8.57. The van der Waals surface area contributed by atoms with Crippen molar-refractivity contribution in [2.45, 2.75) is 20.8 Å². The highest BCUT2D eigenvalue weighted by molar-refractivity contribution is 5.95. The van der Waals surface area contributed by atoms with Crippen LogP contribution in [0.4, 0.5) is 0 Å². The lowest BCUT2D eigenvalue weighted by Crippen LogP contribution is -1.85. The van der Waals surface area contributed by atoms with Crippen molar-refractivity contribution in [3.05, 3.63) is 30.3 Å². The molecule has 2 aromatic rings. The molecule has 2 aromatic heterocycles. The Bertz CT molecular complexity index is 399. The molecule has 0 saturated heterocycles. The highest BCUT2D eigenvalue weighted by Gasteiger charge is 2.06. The Hall–Kier alpha value is -1.64. The number of fused-ring (bicyclic) bond motifs is 1. The van der Waals surface area contributed by atoms with Gasteiger partial charge in [-0.2, -0.15) is 0 Å². The monoisotopic (exact) mass is 191 g/mol. The number of pyridine rings is 1. The van der Waals surface area contributed by atoms with Crippen LogP contribution in [-0.2, 0) is 0 Å². The predicted octanol–water partition coefficient (Wildman–Crippen LogP) is 3.06. The molecule has 0 fully saturated rings. The first-order chi connectivity index (χ1) is 6.77. The van der Waals surface area contributed by atoms with E-state index in [2.05, 4.69) is 4.98 Å². The van der Waals surface area contributed by atoms with Crippen LogP contribution >= 0.6 is 0 Å². The van der Waals surface area contributed by atoms with Gasteiger partial charge in [0.25, 0.3) is 0 Å². The molecule has 0 N–H and O–H groups in total. The summed E-state index contributed by atoms with van der Waals surface area (Å²) in [4.78, 5) is 14.8. The lowest BCUT2D eigenvalue weighted by molar-refractivity contribution is 0.0989. The van der Waals surface area contributed by atoms with Gasteiger partial charge in [0.1, 0.15) is 0 Å². The minimum Gasteiger partial charge on any atom is -0.451 e. The first kappa shape index (κ1) is 10.4. The normalized spacial score (nSPS) is 9.36. The van der Waals surface area contributed by atoms with Crippen LogP contribution in [0, 0.1) is 0 Å². The number of ketones is 1. The van der Waals surface area contributed by atoms with Gasteiger partial charge in [-0.25, -0.2) is 0 Å². The molecule has 0 aromatic carbocycles. The predicted molar refractivity (Wildman–Crippen MR) is 55.4 cm³/mol. The molecule has 0 atom stereocenters. The Morgan fingerprint density at radius 1 is 1.43 bits per heavy atom. The van der Waals surface area contributed by atoms with E-state index in [9.17, 15) is 4.79 Å². The van der Waals surface area contributed by atoms with E-state index in [4.69, 9.17) is 4.42 Å². The first-order valence-electron chi connectivity index (χ1n) is 4.62. The summed E-state index contributed by atoms with van der Waals surface area (Å²) in [5.41, 5.74) is 0.655. The summed E-state index contributed by atoms with van der Waals surface area (Å²) in [6.45, 7) is 5.48. The van der Waals surface area contributed by atoms with Crippen LogP contribution in [0.1, 0.15) is 31.3 Å². The second-order valence-electron chi connectivity index (χ2n) is 2.58. The van der Waals surface area contributed by atoms with Crippen LogP contribution in [0.25, 0.3) is 11.0 Å². The molecular weight excluding hydrogens is 178 g/mol. The number of hydrogen-bond acceptors (Lipinski definition) is 3. The SMILES string of the molecule is CC.CC(=O)c1cc2ccncc2o1. The van der Waals surface area contributed by atoms with E-state index in [-0.39, 0.29) is 5.78 Å². The van der Waals surface area contributed by atoms with E-state index in [1.54, 1.807) is 18.5 Å². The van der Waals surface area contributed by atoms with E-state index in [0.717, 1.165) is 5.39 Å². The molecular formula is C11H13NO2. The molecule has 0 aliphatic carbocycles. The number of Topliss-reactive ketones (excluding diaryl/α,β-unsaturated/α-hetero) is 1. The van der Waals surface area contributed by atoms with Gasteiger partial charge in [-0.3, -0.25) is 9.78 Å². The Morgan fingerprint density at radius 3 is 2.71 bits per heavy atom. The zero-order chi connectivity index (χ0) is 10.6. The second kappa shape index (κ2) is 4.56. The first-order valence-corrected chi connectivity index (χ1v) is 4.62. The summed E-state index contributed by atoms with van der Waals surface area (Å²) in [6, 6.07) is 3.53. The number of aromatic nitrogens is 1. The van der Waals surface area contributed by atoms with Crippen molar-refractivity contribution in [2.24, 2.45) is 0 Å². The molecule has 2 rings (SSSR count). The minimum absolute atomic E-state index is 0.0637. The third-order valence-corrected chi connectivity index (χ3v) is 1.67. The summed E-state index contributed by atoms with van der Waals surface area (Å²) in [5.74, 6) is 0.323. The van der Waals surface area contributed by atoms with Crippen molar-refractivity contribution in [1.29, 1.82) is 0 Å². The van der Waals surface area contributed by atoms with Gasteiger partial charge in [0.15, 0.2) is 17.1 Å². The molecule has 0 radical (unpaired) electrons. The highest BCUT2D eigenvalue weighted by Crippen LogP contribution is 2.17. The Kier molecular flexibility index (Phi) is 3.40. The largest absolute Gasteiger partial charge is 0.451 e. The molecule has 14 heavy (non-hydrogen) atoms. The van der Waals surface area contributed by atoms with Crippen LogP contribution in [0.5, 0.6) is 0 Å². The van der Waals surface area contributed by atoms with Crippen LogP contribution in [-0.4, -0.2) is 10.8 Å². The van der Waals surface area contributed by atoms with E-state index >= 15 is 0 Å². The average Bonchev–Trinajstić information content (AvgIpc) is 2.64. The molecule has 0 spiro atoms. The lowest BCUT2D eigenvalue weighted by atomic mass is 10.3. The molecule has 0 unspecified atom stereocenters. The van der Waals surface area contributed by atoms with E-state index in [0.29, 0.717) is 11.3 Å². The summed E-state index contributed by atoms with van der Waals surface area (Å²) in [7, 11) is 0. The molecule has 0 amide bonds. The number of hydrogen-bond donors (Lipinski definition) is 0. The highest BCUT2D eigenvalue weighted by atomic mass is 16.3. The Balaban J connectivity index is 0.000000461. The molecule has 0 aliphatic rings. The van der Waals surface area contributed by atoms with Crippen molar-refractivity contribution in [3.63, 3.8) is 0 Å². The number of carbonyl (C=O) groups is 1. The van der Waals surface area contributed by atoms with Gasteiger partial charge in [0.2, 0.25) is 0 Å². The Morgan fingerprint density at radius 2 is 2.14 bits per heavy atom. The van der Waals surface area contributed by atoms with E-state index in [1.807, 2.05) is 19.9 Å². The summed E-state index contributed by atoms with van der Waals surface area (Å²) in [5, 5.41) is 0.912. The van der Waals surface area contributed by atoms with E-state index < -0.39 is 0 Å². The smallest absolute Gasteiger partial charge is 0.194 e. The summed E-state index contributed by atoms with van der Waals surface area (Å²) in [6.07, 6.45) is 3.27. The van der Waals surface area contributed by atoms with Crippen molar-refractivity contribution < 1.29 is 9.21 Å². The van der Waals surface area contributed by atoms with Crippen LogP contribution < -0.4 is 0 Å². The molecule has 0 saturated carbocycles. The zero-order valence-corrected chi connectivity index (χ0v) is 8.57. The van der Waals surface area contributed by atoms with E-state index in [1.165, 1.54) is 6.92 Å². The maximum atomic E-state index is 10.9. The fraction of sp³-hybridized carbons (Fsp3) is 0.273. The van der Waals surface area contributed by atoms with Gasteiger partial charge >= 0.3 is 0 Å². The molecule has 74 valence electrons. The Labute approximate surface area is 82.8 Å². The molecule has 3 nitrogen and oxygen atoms in total. The van der Waals surface area contributed by atoms with Gasteiger partial charge in [0.05, 0.1) is 6.20 Å². The molecule has 0 aliphatic heterocycles. The number of furan rings is 1. The lowest BCUT2D eigenvalue weighted by Gasteiger charge is -1.83. The standard InChI is InChI=1S/C9H7NO2.C2H6/c1-6(11)8-4-7-2-3-10-5-9(7)12-8;1-2/h2-5H,1H3;1-2H3. The fourth-order valence-corrected chi connectivity index (χ4v) is 1.06. The van der Waals surface area contributed by atoms with Gasteiger partial charge in [0, 0.05) is 18.5 Å². The maximum Gasteiger partial charge on any atom is 0.194 e. The topological polar surface area (TPSA) is 43.1 Å². The fourth-order valence-electron chi connectivity index (χ4n) is 1.06. The average molecular weight is 191 g/mol. The maximum absolute atomic E-state index is 10.9. The van der Waals surface area contributed by atoms with Crippen molar-refractivity contribution in [3.8, 4) is 0 Å². The molecule has 3 heteroatoms. The number of nitrogens with zero attached hydrogens (tertiary/aromatic N) is 1.